The van der Waals surface area contributed by atoms with Crippen molar-refractivity contribution in [2.45, 2.75) is 43.1 Å². The summed E-state index contributed by atoms with van der Waals surface area (Å²) in [4.78, 5) is 0. The van der Waals surface area contributed by atoms with Gasteiger partial charge in [-0.1, -0.05) is 41.6 Å². The fourth-order valence-electron chi connectivity index (χ4n) is 3.27. The molecule has 0 saturated heterocycles. The van der Waals surface area contributed by atoms with Gasteiger partial charge in [0, 0.05) is 11.6 Å². The van der Waals surface area contributed by atoms with Crippen molar-refractivity contribution in [1.82, 2.24) is 25.0 Å². The summed E-state index contributed by atoms with van der Waals surface area (Å²) in [6, 6.07) is 14.9. The van der Waals surface area contributed by atoms with E-state index in [1.54, 1.807) is 12.1 Å². The summed E-state index contributed by atoms with van der Waals surface area (Å²) in [6.45, 7) is 4.03. The quantitative estimate of drug-likeness (QED) is 0.376. The second-order valence-electron chi connectivity index (χ2n) is 7.46. The highest BCUT2D eigenvalue weighted by Crippen LogP contribution is 2.44. The molecule has 1 aliphatic carbocycles. The molecule has 6 nitrogen and oxygen atoms in total. The molecule has 152 valence electrons. The van der Waals surface area contributed by atoms with Gasteiger partial charge in [-0.2, -0.15) is 0 Å². The molecule has 1 unspecified atom stereocenters. The number of hydrogen-bond donors (Lipinski definition) is 0. The van der Waals surface area contributed by atoms with Gasteiger partial charge in [0.15, 0.2) is 11.0 Å². The third-order valence-electron chi connectivity index (χ3n) is 5.06. The lowest BCUT2D eigenvalue weighted by atomic mass is 10.1. The molecular weight excluding hydrogens is 401 g/mol. The lowest BCUT2D eigenvalue weighted by Crippen LogP contribution is -2.02. The van der Waals surface area contributed by atoms with E-state index < -0.39 is 0 Å². The number of nitrogens with zero attached hydrogens (tertiary/aromatic N) is 5. The van der Waals surface area contributed by atoms with Crippen LogP contribution in [0.4, 0.5) is 4.39 Å². The third-order valence-corrected chi connectivity index (χ3v) is 6.10. The molecule has 1 atom stereocenters. The Morgan fingerprint density at radius 2 is 1.80 bits per heavy atom. The lowest BCUT2D eigenvalue weighted by Gasteiger charge is -2.11. The van der Waals surface area contributed by atoms with Crippen molar-refractivity contribution in [3.8, 4) is 22.8 Å². The number of halogens is 1. The van der Waals surface area contributed by atoms with Crippen LogP contribution in [-0.4, -0.2) is 25.0 Å². The fourth-order valence-corrected chi connectivity index (χ4v) is 4.22. The van der Waals surface area contributed by atoms with Crippen molar-refractivity contribution in [2.24, 2.45) is 0 Å². The van der Waals surface area contributed by atoms with Crippen LogP contribution in [-0.2, 0) is 0 Å². The van der Waals surface area contributed by atoms with E-state index in [0.29, 0.717) is 29.2 Å². The molecule has 1 saturated carbocycles. The Morgan fingerprint density at radius 3 is 2.53 bits per heavy atom. The van der Waals surface area contributed by atoms with Gasteiger partial charge in [0.05, 0.1) is 10.8 Å². The summed E-state index contributed by atoms with van der Waals surface area (Å²) >= 11 is 1.49. The predicted octanol–water partition coefficient (Wildman–Crippen LogP) is 5.63. The first-order chi connectivity index (χ1) is 14.6. The van der Waals surface area contributed by atoms with E-state index in [9.17, 15) is 4.39 Å². The van der Waals surface area contributed by atoms with Crippen LogP contribution in [0.2, 0.25) is 0 Å². The molecule has 0 bridgehead atoms. The second kappa shape index (κ2) is 7.68. The first-order valence-corrected chi connectivity index (χ1v) is 10.7. The number of benzene rings is 2. The summed E-state index contributed by atoms with van der Waals surface area (Å²) in [7, 11) is 0. The molecule has 2 aromatic carbocycles. The average molecular weight is 422 g/mol. The van der Waals surface area contributed by atoms with Crippen LogP contribution in [0.1, 0.15) is 42.5 Å². The van der Waals surface area contributed by atoms with Crippen LogP contribution in [0.5, 0.6) is 0 Å². The molecule has 0 aliphatic heterocycles. The first kappa shape index (κ1) is 19.0. The van der Waals surface area contributed by atoms with Gasteiger partial charge in [-0.25, -0.2) is 4.39 Å². The maximum atomic E-state index is 14.3. The summed E-state index contributed by atoms with van der Waals surface area (Å²) < 4.78 is 22.3. The molecule has 0 N–H and O–H groups in total. The van der Waals surface area contributed by atoms with Crippen molar-refractivity contribution in [3.05, 3.63) is 65.8 Å². The Bertz CT molecular complexity index is 1180. The molecule has 1 fully saturated rings. The van der Waals surface area contributed by atoms with Crippen LogP contribution >= 0.6 is 11.8 Å². The fraction of sp³-hybridized carbons (Fsp3) is 0.273. The zero-order chi connectivity index (χ0) is 20.7. The second-order valence-corrected chi connectivity index (χ2v) is 8.77. The minimum atomic E-state index is -0.295. The molecule has 1 aliphatic rings. The average Bonchev–Trinajstić information content (AvgIpc) is 3.31. The highest BCUT2D eigenvalue weighted by molar-refractivity contribution is 7.99. The molecular formula is C22H20FN5OS. The Balaban J connectivity index is 1.41. The summed E-state index contributed by atoms with van der Waals surface area (Å²) in [5, 5.41) is 17.7. The highest BCUT2D eigenvalue weighted by atomic mass is 32.2. The first-order valence-electron chi connectivity index (χ1n) is 9.87. The Kier molecular flexibility index (Phi) is 4.86. The van der Waals surface area contributed by atoms with Crippen molar-refractivity contribution < 1.29 is 8.81 Å². The van der Waals surface area contributed by atoms with Gasteiger partial charge in [0.1, 0.15) is 5.82 Å². The van der Waals surface area contributed by atoms with E-state index >= 15 is 0 Å². The largest absolute Gasteiger partial charge is 0.419 e. The zero-order valence-corrected chi connectivity index (χ0v) is 17.4. The van der Waals surface area contributed by atoms with E-state index in [2.05, 4.69) is 20.4 Å². The third kappa shape index (κ3) is 3.63. The minimum absolute atomic E-state index is 0.119. The SMILES string of the molecule is Cc1ccc(-c2nnc(C(C)Sc3nnc(-c4ccccc4F)n3C3CC3)o2)cc1. The molecule has 2 aromatic heterocycles. The van der Waals surface area contributed by atoms with Crippen molar-refractivity contribution >= 4 is 11.8 Å². The van der Waals surface area contributed by atoms with Crippen molar-refractivity contribution in [1.29, 1.82) is 0 Å². The van der Waals surface area contributed by atoms with Gasteiger partial charge >= 0.3 is 0 Å². The number of aryl methyl sites for hydroxylation is 1. The Hall–Kier alpha value is -3.00. The van der Waals surface area contributed by atoms with Crippen LogP contribution in [0.3, 0.4) is 0 Å². The molecule has 0 radical (unpaired) electrons. The summed E-state index contributed by atoms with van der Waals surface area (Å²) in [6.07, 6.45) is 2.08. The number of rotatable bonds is 6. The van der Waals surface area contributed by atoms with Gasteiger partial charge in [-0.05, 0) is 51.0 Å². The summed E-state index contributed by atoms with van der Waals surface area (Å²) in [5.41, 5.74) is 2.53. The zero-order valence-electron chi connectivity index (χ0n) is 16.6. The highest BCUT2D eigenvalue weighted by Gasteiger charge is 2.32. The molecule has 30 heavy (non-hydrogen) atoms. The molecule has 5 rings (SSSR count). The summed E-state index contributed by atoms with van der Waals surface area (Å²) in [5.74, 6) is 1.29. The monoisotopic (exact) mass is 421 g/mol. The Labute approximate surface area is 177 Å². The van der Waals surface area contributed by atoms with Gasteiger partial charge in [-0.3, -0.25) is 4.57 Å². The van der Waals surface area contributed by atoms with Crippen LogP contribution in [0.15, 0.2) is 58.1 Å². The van der Waals surface area contributed by atoms with Crippen molar-refractivity contribution in [2.75, 3.05) is 0 Å². The van der Waals surface area contributed by atoms with Crippen molar-refractivity contribution in [3.63, 3.8) is 0 Å². The predicted molar refractivity (Wildman–Crippen MR) is 112 cm³/mol. The molecule has 0 amide bonds. The van der Waals surface area contributed by atoms with E-state index in [1.165, 1.54) is 23.4 Å². The van der Waals surface area contributed by atoms with E-state index in [4.69, 9.17) is 4.42 Å². The van der Waals surface area contributed by atoms with Gasteiger partial charge < -0.3 is 4.42 Å². The van der Waals surface area contributed by atoms with Gasteiger partial charge in [-0.15, -0.1) is 20.4 Å². The number of thioether (sulfide) groups is 1. The smallest absolute Gasteiger partial charge is 0.247 e. The molecule has 2 heterocycles. The van der Waals surface area contributed by atoms with Crippen LogP contribution in [0, 0.1) is 12.7 Å². The van der Waals surface area contributed by atoms with E-state index in [-0.39, 0.29) is 11.1 Å². The van der Waals surface area contributed by atoms with E-state index in [1.807, 2.05) is 48.7 Å². The number of aromatic nitrogens is 5. The maximum absolute atomic E-state index is 14.3. The van der Waals surface area contributed by atoms with Crippen LogP contribution in [0.25, 0.3) is 22.8 Å². The molecule has 0 spiro atoms. The maximum Gasteiger partial charge on any atom is 0.247 e. The lowest BCUT2D eigenvalue weighted by molar-refractivity contribution is 0.508. The van der Waals surface area contributed by atoms with Gasteiger partial charge in [0.2, 0.25) is 11.8 Å². The Morgan fingerprint density at radius 1 is 1.03 bits per heavy atom. The molecule has 8 heteroatoms. The number of hydrogen-bond acceptors (Lipinski definition) is 6. The van der Waals surface area contributed by atoms with Crippen LogP contribution < -0.4 is 0 Å². The van der Waals surface area contributed by atoms with Gasteiger partial charge in [0.25, 0.3) is 0 Å². The minimum Gasteiger partial charge on any atom is -0.419 e. The topological polar surface area (TPSA) is 69.6 Å². The van der Waals surface area contributed by atoms with E-state index in [0.717, 1.165) is 23.6 Å². The molecule has 4 aromatic rings. The normalized spacial score (nSPS) is 14.8. The standard InChI is InChI=1S/C22H20FN5OS/c1-13-7-9-15(10-8-13)21-26-25-20(29-21)14(2)30-22-27-24-19(28(22)16-11-12-16)17-5-3-4-6-18(17)23/h3-10,14,16H,11-12H2,1-2H3.